The van der Waals surface area contributed by atoms with Crippen molar-refractivity contribution in [1.82, 2.24) is 4.90 Å². The van der Waals surface area contributed by atoms with Crippen molar-refractivity contribution in [3.63, 3.8) is 0 Å². The number of unbranched alkanes of at least 4 members (excludes halogenated alkanes) is 1. The molecule has 1 heterocycles. The molecule has 4 rings (SSSR count). The summed E-state index contributed by atoms with van der Waals surface area (Å²) in [6.07, 6.45) is 3.27. The maximum absolute atomic E-state index is 13.5. The second-order valence-corrected chi connectivity index (χ2v) is 9.12. The van der Waals surface area contributed by atoms with E-state index < -0.39 is 0 Å². The highest BCUT2D eigenvalue weighted by atomic mass is 32.2. The van der Waals surface area contributed by atoms with E-state index in [0.717, 1.165) is 51.7 Å². The van der Waals surface area contributed by atoms with Crippen LogP contribution in [0.2, 0.25) is 0 Å². The molecule has 0 spiro atoms. The minimum Gasteiger partial charge on any atom is -0.342 e. The highest BCUT2D eigenvalue weighted by Crippen LogP contribution is 2.41. The molecule has 0 aliphatic carbocycles. The molecule has 1 amide bonds. The average molecular weight is 493 g/mol. The summed E-state index contributed by atoms with van der Waals surface area (Å²) in [4.78, 5) is 21.6. The molecule has 0 saturated carbocycles. The molecule has 1 aliphatic heterocycles. The van der Waals surface area contributed by atoms with Gasteiger partial charge in [-0.15, -0.1) is 0 Å². The smallest absolute Gasteiger partial charge is 0.253 e. The minimum absolute atomic E-state index is 0.00320. The van der Waals surface area contributed by atoms with Gasteiger partial charge in [0, 0.05) is 40.1 Å². The second kappa shape index (κ2) is 14.5. The molecular formula is C30H37FN2OS. The Morgan fingerprint density at radius 2 is 1.60 bits per heavy atom. The van der Waals surface area contributed by atoms with E-state index in [4.69, 9.17) is 4.99 Å². The third kappa shape index (κ3) is 7.53. The van der Waals surface area contributed by atoms with Gasteiger partial charge in [0.2, 0.25) is 0 Å². The molecule has 0 fully saturated rings. The van der Waals surface area contributed by atoms with Crippen LogP contribution in [0.15, 0.2) is 81.5 Å². The van der Waals surface area contributed by atoms with E-state index in [9.17, 15) is 9.18 Å². The number of hydrogen-bond acceptors (Lipinski definition) is 3. The van der Waals surface area contributed by atoms with Crippen LogP contribution in [0.5, 0.6) is 0 Å². The highest BCUT2D eigenvalue weighted by molar-refractivity contribution is 7.99. The molecule has 0 aromatic heterocycles. The van der Waals surface area contributed by atoms with Gasteiger partial charge in [-0.3, -0.25) is 4.79 Å². The van der Waals surface area contributed by atoms with Crippen LogP contribution in [0.3, 0.4) is 0 Å². The van der Waals surface area contributed by atoms with Gasteiger partial charge in [-0.05, 0) is 55.0 Å². The van der Waals surface area contributed by atoms with Gasteiger partial charge in [0.25, 0.3) is 5.91 Å². The summed E-state index contributed by atoms with van der Waals surface area (Å²) in [7, 11) is 1.83. The Balaban J connectivity index is 0.000000803. The first-order chi connectivity index (χ1) is 17.0. The maximum Gasteiger partial charge on any atom is 0.253 e. The lowest BCUT2D eigenvalue weighted by Gasteiger charge is -2.17. The van der Waals surface area contributed by atoms with Gasteiger partial charge in [-0.25, -0.2) is 9.38 Å². The molecule has 35 heavy (non-hydrogen) atoms. The van der Waals surface area contributed by atoms with Crippen molar-refractivity contribution >= 4 is 29.1 Å². The van der Waals surface area contributed by atoms with Crippen LogP contribution < -0.4 is 0 Å². The fourth-order valence-electron chi connectivity index (χ4n) is 3.42. The summed E-state index contributed by atoms with van der Waals surface area (Å²) in [5.41, 5.74) is 4.00. The Labute approximate surface area is 214 Å². The number of nitrogens with zero attached hydrogens (tertiary/aromatic N) is 2. The van der Waals surface area contributed by atoms with Gasteiger partial charge in [0.05, 0.1) is 11.4 Å². The van der Waals surface area contributed by atoms with Crippen molar-refractivity contribution in [2.45, 2.75) is 63.7 Å². The summed E-state index contributed by atoms with van der Waals surface area (Å²) in [5, 5.41) is 0. The minimum atomic E-state index is -0.279. The molecule has 5 heteroatoms. The third-order valence-electron chi connectivity index (χ3n) is 5.11. The number of carbonyl (C=O) groups excluding carboxylic acids is 1. The van der Waals surface area contributed by atoms with E-state index in [1.165, 1.54) is 18.6 Å². The summed E-state index contributed by atoms with van der Waals surface area (Å²) in [6, 6.07) is 20.2. The van der Waals surface area contributed by atoms with Crippen LogP contribution in [0.25, 0.3) is 0 Å². The van der Waals surface area contributed by atoms with E-state index in [1.54, 1.807) is 28.8 Å². The first-order valence-corrected chi connectivity index (χ1v) is 13.3. The summed E-state index contributed by atoms with van der Waals surface area (Å²) in [6.45, 7) is 11.1. The second-order valence-electron chi connectivity index (χ2n) is 8.04. The first kappa shape index (κ1) is 28.3. The van der Waals surface area contributed by atoms with E-state index >= 15 is 0 Å². The van der Waals surface area contributed by atoms with Crippen molar-refractivity contribution in [3.05, 3.63) is 89.2 Å². The Morgan fingerprint density at radius 1 is 0.943 bits per heavy atom. The Kier molecular flexibility index (Phi) is 11.7. The van der Waals surface area contributed by atoms with Crippen molar-refractivity contribution in [1.29, 1.82) is 0 Å². The standard InChI is InChI=1S/C25H23FN2OS.C3H8.C2H6/c1-3-4-15-28(2)25(29)18-11-14-23-21(16-18)27-24(17-9-12-19(26)13-10-17)20-7-5-6-8-22(20)30-23;1-3-2;1-2/h5-14,16H,3-4,15H2,1-2H3;3H2,1-2H3;1-2H3. The van der Waals surface area contributed by atoms with Gasteiger partial charge < -0.3 is 4.90 Å². The maximum atomic E-state index is 13.5. The van der Waals surface area contributed by atoms with Crippen LogP contribution in [-0.4, -0.2) is 30.1 Å². The molecule has 0 atom stereocenters. The van der Waals surface area contributed by atoms with Gasteiger partial charge in [0.15, 0.2) is 0 Å². The highest BCUT2D eigenvalue weighted by Gasteiger charge is 2.20. The van der Waals surface area contributed by atoms with Gasteiger partial charge >= 0.3 is 0 Å². The number of amides is 1. The zero-order valence-corrected chi connectivity index (χ0v) is 22.6. The number of aliphatic imine (C=N–C) groups is 1. The number of carbonyl (C=O) groups is 1. The van der Waals surface area contributed by atoms with Crippen LogP contribution in [0.4, 0.5) is 10.1 Å². The van der Waals surface area contributed by atoms with Crippen LogP contribution in [0, 0.1) is 5.82 Å². The number of benzene rings is 3. The molecule has 0 unspecified atom stereocenters. The van der Waals surface area contributed by atoms with E-state index in [-0.39, 0.29) is 11.7 Å². The number of halogens is 1. The van der Waals surface area contributed by atoms with Crippen molar-refractivity contribution in [2.75, 3.05) is 13.6 Å². The Morgan fingerprint density at radius 3 is 2.26 bits per heavy atom. The molecule has 0 bridgehead atoms. The topological polar surface area (TPSA) is 32.7 Å². The molecule has 0 N–H and O–H groups in total. The fourth-order valence-corrected chi connectivity index (χ4v) is 4.42. The summed E-state index contributed by atoms with van der Waals surface area (Å²) in [5.74, 6) is -0.282. The lowest BCUT2D eigenvalue weighted by atomic mass is 10.0. The van der Waals surface area contributed by atoms with Crippen molar-refractivity contribution in [3.8, 4) is 0 Å². The van der Waals surface area contributed by atoms with Crippen LogP contribution in [-0.2, 0) is 0 Å². The third-order valence-corrected chi connectivity index (χ3v) is 6.25. The molecule has 0 saturated heterocycles. The zero-order chi connectivity index (χ0) is 25.8. The zero-order valence-electron chi connectivity index (χ0n) is 21.8. The number of rotatable bonds is 5. The van der Waals surface area contributed by atoms with Gasteiger partial charge in [-0.1, -0.05) is 77.4 Å². The molecule has 3 aromatic rings. The molecular weight excluding hydrogens is 455 g/mol. The van der Waals surface area contributed by atoms with Gasteiger partial charge in [-0.2, -0.15) is 0 Å². The van der Waals surface area contributed by atoms with Crippen LogP contribution in [0.1, 0.15) is 75.4 Å². The Bertz CT molecular complexity index is 1130. The molecule has 3 nitrogen and oxygen atoms in total. The van der Waals surface area contributed by atoms with Gasteiger partial charge in [0.1, 0.15) is 5.82 Å². The van der Waals surface area contributed by atoms with E-state index in [1.807, 2.05) is 57.3 Å². The lowest BCUT2D eigenvalue weighted by molar-refractivity contribution is 0.0793. The largest absolute Gasteiger partial charge is 0.342 e. The van der Waals surface area contributed by atoms with E-state index in [0.29, 0.717) is 5.56 Å². The summed E-state index contributed by atoms with van der Waals surface area (Å²) < 4.78 is 13.5. The quantitative estimate of drug-likeness (QED) is 0.279. The predicted octanol–water partition coefficient (Wildman–Crippen LogP) is 8.77. The molecule has 3 aromatic carbocycles. The van der Waals surface area contributed by atoms with Crippen molar-refractivity contribution < 1.29 is 9.18 Å². The first-order valence-electron chi connectivity index (χ1n) is 12.5. The Hall–Kier alpha value is -2.92. The fraction of sp³-hybridized carbons (Fsp3) is 0.333. The van der Waals surface area contributed by atoms with Crippen LogP contribution >= 0.6 is 11.8 Å². The number of fused-ring (bicyclic) bond motifs is 2. The molecule has 1 aliphatic rings. The van der Waals surface area contributed by atoms with Crippen molar-refractivity contribution in [2.24, 2.45) is 4.99 Å². The molecule has 0 radical (unpaired) electrons. The predicted molar refractivity (Wildman–Crippen MR) is 148 cm³/mol. The monoisotopic (exact) mass is 492 g/mol. The normalized spacial score (nSPS) is 11.3. The van der Waals surface area contributed by atoms with E-state index in [2.05, 4.69) is 26.8 Å². The lowest BCUT2D eigenvalue weighted by Crippen LogP contribution is -2.27. The average Bonchev–Trinajstić information content (AvgIpc) is 3.05. The summed E-state index contributed by atoms with van der Waals surface area (Å²) >= 11 is 1.63. The number of hydrogen-bond donors (Lipinski definition) is 0. The SMILES string of the molecule is CC.CCC.CCCCN(C)C(=O)c1ccc2c(c1)N=C(c1ccc(F)cc1)c1ccccc1S2. The molecule has 186 valence electrons.